The molecule has 1 aliphatic heterocycles. The van der Waals surface area contributed by atoms with Crippen molar-refractivity contribution in [2.24, 2.45) is 0 Å². The molecule has 1 aliphatic carbocycles. The van der Waals surface area contributed by atoms with E-state index >= 15 is 0 Å². The van der Waals surface area contributed by atoms with Crippen LogP contribution in [0.5, 0.6) is 0 Å². The first kappa shape index (κ1) is 13.0. The van der Waals surface area contributed by atoms with Gasteiger partial charge in [-0.3, -0.25) is 0 Å². The van der Waals surface area contributed by atoms with Gasteiger partial charge in [-0.1, -0.05) is 24.8 Å². The zero-order valence-electron chi connectivity index (χ0n) is 12.2. The molecular weight excluding hydrogens is 235 g/mol. The van der Waals surface area contributed by atoms with E-state index in [0.717, 1.165) is 18.3 Å². The topological polar surface area (TPSA) is 18.5 Å². The van der Waals surface area contributed by atoms with Gasteiger partial charge in [-0.15, -0.1) is 0 Å². The third-order valence-corrected chi connectivity index (χ3v) is 4.74. The predicted molar refractivity (Wildman–Crippen MR) is 79.5 cm³/mol. The molecule has 0 atom stereocenters. The Bertz CT molecular complexity index is 530. The molecule has 3 rings (SSSR count). The van der Waals surface area contributed by atoms with Crippen LogP contribution in [0, 0.1) is 0 Å². The maximum Gasteiger partial charge on any atom is 0.495 e. The highest BCUT2D eigenvalue weighted by molar-refractivity contribution is 6.63. The third kappa shape index (κ3) is 1.87. The Hall–Kier alpha value is -1.06. The highest BCUT2D eigenvalue weighted by Gasteiger charge is 2.52. The number of fused-ring (bicyclic) bond motifs is 1. The van der Waals surface area contributed by atoms with Gasteiger partial charge in [0, 0.05) is 0 Å². The molecule has 1 fully saturated rings. The van der Waals surface area contributed by atoms with Crippen molar-refractivity contribution in [2.45, 2.75) is 51.7 Å². The molecule has 0 aromatic heterocycles. The van der Waals surface area contributed by atoms with Crippen LogP contribution in [0.25, 0.3) is 5.57 Å². The van der Waals surface area contributed by atoms with Gasteiger partial charge in [-0.05, 0) is 62.7 Å². The molecule has 0 radical (unpaired) electrons. The monoisotopic (exact) mass is 256 g/mol. The second-order valence-electron chi connectivity index (χ2n) is 6.57. The maximum atomic E-state index is 6.16. The maximum absolute atomic E-state index is 6.16. The molecule has 19 heavy (non-hydrogen) atoms. The van der Waals surface area contributed by atoms with Gasteiger partial charge < -0.3 is 9.31 Å². The highest BCUT2D eigenvalue weighted by atomic mass is 16.7. The van der Waals surface area contributed by atoms with Crippen molar-refractivity contribution in [3.05, 3.63) is 35.9 Å². The van der Waals surface area contributed by atoms with Crippen LogP contribution in [0.4, 0.5) is 0 Å². The van der Waals surface area contributed by atoms with Crippen molar-refractivity contribution in [1.82, 2.24) is 0 Å². The largest absolute Gasteiger partial charge is 0.495 e. The van der Waals surface area contributed by atoms with E-state index in [1.54, 1.807) is 0 Å². The van der Waals surface area contributed by atoms with Gasteiger partial charge in [0.2, 0.25) is 0 Å². The Balaban J connectivity index is 2.02. The van der Waals surface area contributed by atoms with Crippen molar-refractivity contribution >= 4 is 18.2 Å². The van der Waals surface area contributed by atoms with Crippen LogP contribution in [0.3, 0.4) is 0 Å². The van der Waals surface area contributed by atoms with E-state index in [1.165, 1.54) is 16.7 Å². The summed E-state index contributed by atoms with van der Waals surface area (Å²) in [6.45, 7) is 12.5. The first-order chi connectivity index (χ1) is 8.82. The summed E-state index contributed by atoms with van der Waals surface area (Å²) in [7, 11) is -0.283. The van der Waals surface area contributed by atoms with Crippen molar-refractivity contribution in [3.8, 4) is 0 Å². The lowest BCUT2D eigenvalue weighted by Gasteiger charge is -2.32. The molecule has 1 aromatic rings. The summed E-state index contributed by atoms with van der Waals surface area (Å²) in [6, 6.07) is 6.39. The number of hydrogen-bond donors (Lipinski definition) is 0. The summed E-state index contributed by atoms with van der Waals surface area (Å²) in [6.07, 6.45) is 2.13. The average Bonchev–Trinajstić information content (AvgIpc) is 2.78. The number of hydrogen-bond acceptors (Lipinski definition) is 2. The Morgan fingerprint density at radius 1 is 1.05 bits per heavy atom. The molecule has 1 aromatic carbocycles. The molecular formula is C16H21BO2. The Labute approximate surface area is 115 Å². The normalized spacial score (nSPS) is 23.8. The fourth-order valence-electron chi connectivity index (χ4n) is 2.84. The summed E-state index contributed by atoms with van der Waals surface area (Å²) in [5.41, 5.74) is 4.40. The van der Waals surface area contributed by atoms with Crippen LogP contribution in [-0.4, -0.2) is 18.3 Å². The van der Waals surface area contributed by atoms with Gasteiger partial charge in [0.05, 0.1) is 11.2 Å². The lowest BCUT2D eigenvalue weighted by atomic mass is 9.74. The Morgan fingerprint density at radius 2 is 1.68 bits per heavy atom. The van der Waals surface area contributed by atoms with Crippen LogP contribution >= 0.6 is 0 Å². The van der Waals surface area contributed by atoms with Crippen molar-refractivity contribution < 1.29 is 9.31 Å². The third-order valence-electron chi connectivity index (χ3n) is 4.74. The number of rotatable bonds is 1. The van der Waals surface area contributed by atoms with Gasteiger partial charge in [-0.2, -0.15) is 0 Å². The Morgan fingerprint density at radius 3 is 2.32 bits per heavy atom. The molecule has 0 spiro atoms. The molecule has 100 valence electrons. The molecule has 0 bridgehead atoms. The molecule has 2 aliphatic rings. The molecule has 0 amide bonds. The molecule has 1 heterocycles. The number of benzene rings is 1. The smallest absolute Gasteiger partial charge is 0.399 e. The van der Waals surface area contributed by atoms with Gasteiger partial charge in [0.1, 0.15) is 0 Å². The summed E-state index contributed by atoms with van der Waals surface area (Å²) < 4.78 is 12.3. The van der Waals surface area contributed by atoms with E-state index in [1.807, 2.05) is 0 Å². The standard InChI is InChI=1S/C16H21BO2/c1-11-9-10-12-7-6-8-13(14(11)12)17-18-15(2,3)16(4,5)19-17/h6-8H,1,9-10H2,2-5H3. The number of allylic oxidation sites excluding steroid dienone is 1. The van der Waals surface area contributed by atoms with E-state index in [4.69, 9.17) is 9.31 Å². The number of aryl methyl sites for hydroxylation is 1. The van der Waals surface area contributed by atoms with Crippen LogP contribution in [-0.2, 0) is 15.7 Å². The average molecular weight is 256 g/mol. The summed E-state index contributed by atoms with van der Waals surface area (Å²) in [4.78, 5) is 0. The van der Waals surface area contributed by atoms with E-state index < -0.39 is 0 Å². The minimum atomic E-state index is -0.291. The van der Waals surface area contributed by atoms with E-state index in [0.29, 0.717) is 0 Å². The van der Waals surface area contributed by atoms with Gasteiger partial charge >= 0.3 is 7.12 Å². The molecule has 0 N–H and O–H groups in total. The first-order valence-electron chi connectivity index (χ1n) is 6.97. The van der Waals surface area contributed by atoms with Crippen LogP contribution in [0.1, 0.15) is 45.2 Å². The van der Waals surface area contributed by atoms with E-state index in [9.17, 15) is 0 Å². The lowest BCUT2D eigenvalue weighted by Crippen LogP contribution is -2.41. The second kappa shape index (κ2) is 3.97. The van der Waals surface area contributed by atoms with Crippen molar-refractivity contribution in [1.29, 1.82) is 0 Å². The van der Waals surface area contributed by atoms with Crippen LogP contribution in [0.15, 0.2) is 24.8 Å². The summed E-state index contributed by atoms with van der Waals surface area (Å²) in [5, 5.41) is 0. The van der Waals surface area contributed by atoms with Gasteiger partial charge in [0.25, 0.3) is 0 Å². The first-order valence-corrected chi connectivity index (χ1v) is 6.97. The van der Waals surface area contributed by atoms with E-state index in [-0.39, 0.29) is 18.3 Å². The minimum Gasteiger partial charge on any atom is -0.399 e. The highest BCUT2D eigenvalue weighted by Crippen LogP contribution is 2.38. The SMILES string of the molecule is C=C1CCc2cccc(B3OC(C)(C)C(C)(C)O3)c21. The van der Waals surface area contributed by atoms with Gasteiger partial charge in [0.15, 0.2) is 0 Å². The predicted octanol–water partition coefficient (Wildman–Crippen LogP) is 2.95. The molecule has 0 saturated carbocycles. The van der Waals surface area contributed by atoms with Crippen molar-refractivity contribution in [3.63, 3.8) is 0 Å². The quantitative estimate of drug-likeness (QED) is 0.719. The van der Waals surface area contributed by atoms with Crippen molar-refractivity contribution in [2.75, 3.05) is 0 Å². The molecule has 2 nitrogen and oxygen atoms in total. The summed E-state index contributed by atoms with van der Waals surface area (Å²) >= 11 is 0. The zero-order valence-corrected chi connectivity index (χ0v) is 12.2. The molecule has 0 unspecified atom stereocenters. The lowest BCUT2D eigenvalue weighted by molar-refractivity contribution is 0.00578. The second-order valence-corrected chi connectivity index (χ2v) is 6.57. The van der Waals surface area contributed by atoms with Crippen LogP contribution < -0.4 is 5.46 Å². The Kier molecular flexibility index (Phi) is 2.71. The molecule has 3 heteroatoms. The van der Waals surface area contributed by atoms with Crippen LogP contribution in [0.2, 0.25) is 0 Å². The minimum absolute atomic E-state index is 0.283. The fourth-order valence-corrected chi connectivity index (χ4v) is 2.84. The van der Waals surface area contributed by atoms with E-state index in [2.05, 4.69) is 52.5 Å². The zero-order chi connectivity index (χ0) is 13.8. The van der Waals surface area contributed by atoms with Gasteiger partial charge in [-0.25, -0.2) is 0 Å². The fraction of sp³-hybridized carbons (Fsp3) is 0.500. The summed E-state index contributed by atoms with van der Waals surface area (Å²) in [5.74, 6) is 0. The molecule has 1 saturated heterocycles.